The first-order valence-corrected chi connectivity index (χ1v) is 7.50. The van der Waals surface area contributed by atoms with Crippen LogP contribution in [0, 0.1) is 0 Å². The van der Waals surface area contributed by atoms with E-state index in [9.17, 15) is 8.42 Å². The Bertz CT molecular complexity index is 481. The van der Waals surface area contributed by atoms with E-state index in [4.69, 9.17) is 10.3 Å². The Morgan fingerprint density at radius 3 is 2.94 bits per heavy atom. The van der Waals surface area contributed by atoms with E-state index in [0.29, 0.717) is 24.6 Å². The zero-order valence-electron chi connectivity index (χ0n) is 9.80. The molecule has 96 valence electrons. The molecule has 0 aliphatic carbocycles. The summed E-state index contributed by atoms with van der Waals surface area (Å²) >= 11 is 0. The molecule has 7 heteroatoms. The van der Waals surface area contributed by atoms with Gasteiger partial charge in [0.05, 0.1) is 5.75 Å². The lowest BCUT2D eigenvalue weighted by molar-refractivity contribution is 0.364. The maximum atomic E-state index is 11.9. The van der Waals surface area contributed by atoms with E-state index in [1.54, 1.807) is 0 Å². The number of aromatic nitrogens is 2. The van der Waals surface area contributed by atoms with Gasteiger partial charge in [-0.25, -0.2) is 8.42 Å². The van der Waals surface area contributed by atoms with Gasteiger partial charge in [0.1, 0.15) is 5.25 Å². The van der Waals surface area contributed by atoms with E-state index in [2.05, 4.69) is 10.1 Å². The van der Waals surface area contributed by atoms with Crippen molar-refractivity contribution in [3.05, 3.63) is 11.7 Å². The van der Waals surface area contributed by atoms with Crippen LogP contribution < -0.4 is 5.73 Å². The maximum Gasteiger partial charge on any atom is 0.228 e. The fourth-order valence-electron chi connectivity index (χ4n) is 2.00. The average molecular weight is 259 g/mol. The summed E-state index contributed by atoms with van der Waals surface area (Å²) < 4.78 is 28.8. The van der Waals surface area contributed by atoms with Crippen LogP contribution in [0.2, 0.25) is 0 Å². The summed E-state index contributed by atoms with van der Waals surface area (Å²) in [5, 5.41) is 3.17. The molecule has 0 aromatic carbocycles. The van der Waals surface area contributed by atoms with Crippen molar-refractivity contribution in [1.29, 1.82) is 0 Å². The van der Waals surface area contributed by atoms with E-state index < -0.39 is 15.1 Å². The van der Waals surface area contributed by atoms with Crippen LogP contribution >= 0.6 is 0 Å². The van der Waals surface area contributed by atoms with E-state index in [-0.39, 0.29) is 11.8 Å². The fourth-order valence-corrected chi connectivity index (χ4v) is 3.84. The first-order chi connectivity index (χ1) is 7.99. The predicted octanol–water partition coefficient (Wildman–Crippen LogP) is 0.599. The topological polar surface area (TPSA) is 99.1 Å². The van der Waals surface area contributed by atoms with E-state index in [1.807, 2.05) is 6.92 Å². The van der Waals surface area contributed by atoms with Gasteiger partial charge in [0, 0.05) is 12.5 Å². The van der Waals surface area contributed by atoms with Crippen LogP contribution in [0.1, 0.15) is 43.2 Å². The quantitative estimate of drug-likeness (QED) is 0.853. The largest absolute Gasteiger partial charge is 0.339 e. The Hall–Kier alpha value is -0.950. The third kappa shape index (κ3) is 2.84. The van der Waals surface area contributed by atoms with Crippen LogP contribution in [0.25, 0.3) is 0 Å². The number of nitrogens with zero attached hydrogens (tertiary/aromatic N) is 2. The number of rotatable bonds is 3. The number of nitrogens with two attached hydrogens (primary N) is 1. The van der Waals surface area contributed by atoms with Gasteiger partial charge in [-0.3, -0.25) is 0 Å². The van der Waals surface area contributed by atoms with Gasteiger partial charge in [0.15, 0.2) is 15.7 Å². The van der Waals surface area contributed by atoms with Crippen molar-refractivity contribution in [3.8, 4) is 0 Å². The van der Waals surface area contributed by atoms with Gasteiger partial charge in [-0.2, -0.15) is 4.98 Å². The van der Waals surface area contributed by atoms with Gasteiger partial charge in [0.25, 0.3) is 0 Å². The first kappa shape index (κ1) is 12.5. The summed E-state index contributed by atoms with van der Waals surface area (Å²) in [5.41, 5.74) is 5.62. The van der Waals surface area contributed by atoms with E-state index >= 15 is 0 Å². The molecule has 1 saturated heterocycles. The second-order valence-electron chi connectivity index (χ2n) is 4.58. The van der Waals surface area contributed by atoms with Crippen LogP contribution in [0.4, 0.5) is 0 Å². The summed E-state index contributed by atoms with van der Waals surface area (Å²) in [7, 11) is -3.11. The highest BCUT2D eigenvalue weighted by molar-refractivity contribution is 7.91. The molecule has 0 saturated carbocycles. The van der Waals surface area contributed by atoms with E-state index in [0.717, 1.165) is 12.8 Å². The van der Waals surface area contributed by atoms with Gasteiger partial charge in [-0.1, -0.05) is 11.6 Å². The van der Waals surface area contributed by atoms with E-state index in [1.165, 1.54) is 0 Å². The second-order valence-corrected chi connectivity index (χ2v) is 6.88. The van der Waals surface area contributed by atoms with Gasteiger partial charge in [-0.15, -0.1) is 0 Å². The lowest BCUT2D eigenvalue weighted by atomic mass is 10.2. The molecule has 0 amide bonds. The minimum absolute atomic E-state index is 0.0775. The molecule has 6 nitrogen and oxygen atoms in total. The van der Waals surface area contributed by atoms with Gasteiger partial charge in [0.2, 0.25) is 5.89 Å². The summed E-state index contributed by atoms with van der Waals surface area (Å²) in [5.74, 6) is 0.922. The zero-order valence-corrected chi connectivity index (χ0v) is 10.6. The standard InChI is InChI=1S/C10H17N3O3S/c1-7(11)6-9-12-10(13-16-9)8-4-2-3-5-17(8,14)15/h7-8H,2-6,11H2,1H3. The van der Waals surface area contributed by atoms with Crippen molar-refractivity contribution in [3.63, 3.8) is 0 Å². The van der Waals surface area contributed by atoms with Crippen LogP contribution in [-0.2, 0) is 16.3 Å². The smallest absolute Gasteiger partial charge is 0.228 e. The molecule has 1 fully saturated rings. The lowest BCUT2D eigenvalue weighted by Gasteiger charge is -2.18. The van der Waals surface area contributed by atoms with Crippen LogP contribution in [0.5, 0.6) is 0 Å². The third-order valence-corrected chi connectivity index (χ3v) is 5.02. The molecule has 0 radical (unpaired) electrons. The summed E-state index contributed by atoms with van der Waals surface area (Å²) in [6, 6.07) is -0.0775. The molecular weight excluding hydrogens is 242 g/mol. The highest BCUT2D eigenvalue weighted by Gasteiger charge is 2.33. The molecule has 2 rings (SSSR count). The predicted molar refractivity (Wildman–Crippen MR) is 62.0 cm³/mol. The van der Waals surface area contributed by atoms with Crippen molar-refractivity contribution < 1.29 is 12.9 Å². The molecule has 17 heavy (non-hydrogen) atoms. The Morgan fingerprint density at radius 2 is 2.29 bits per heavy atom. The molecule has 0 bridgehead atoms. The molecule has 2 atom stereocenters. The lowest BCUT2D eigenvalue weighted by Crippen LogP contribution is -2.22. The Labute approximate surface area is 100 Å². The molecule has 1 aliphatic heterocycles. The minimum atomic E-state index is -3.11. The van der Waals surface area contributed by atoms with Gasteiger partial charge < -0.3 is 10.3 Å². The molecule has 1 aromatic heterocycles. The Kier molecular flexibility index (Phi) is 3.48. The fraction of sp³-hybridized carbons (Fsp3) is 0.800. The minimum Gasteiger partial charge on any atom is -0.339 e. The number of hydrogen-bond donors (Lipinski definition) is 1. The van der Waals surface area contributed by atoms with Crippen molar-refractivity contribution in [1.82, 2.24) is 10.1 Å². The summed E-state index contributed by atoms with van der Waals surface area (Å²) in [6.45, 7) is 1.83. The van der Waals surface area contributed by atoms with Crippen LogP contribution in [0.15, 0.2) is 4.52 Å². The second kappa shape index (κ2) is 4.73. The molecule has 0 spiro atoms. The SMILES string of the molecule is CC(N)Cc1nc(C2CCCCS2(=O)=O)no1. The first-order valence-electron chi connectivity index (χ1n) is 5.78. The van der Waals surface area contributed by atoms with Gasteiger partial charge in [-0.05, 0) is 19.8 Å². The van der Waals surface area contributed by atoms with Gasteiger partial charge >= 0.3 is 0 Å². The average Bonchev–Trinajstić information content (AvgIpc) is 2.64. The molecule has 2 N–H and O–H groups in total. The molecule has 1 aliphatic rings. The molecular formula is C10H17N3O3S. The normalized spacial score (nSPS) is 25.6. The zero-order chi connectivity index (χ0) is 12.5. The Balaban J connectivity index is 2.19. The molecule has 1 aromatic rings. The van der Waals surface area contributed by atoms with Crippen molar-refractivity contribution in [2.75, 3.05) is 5.75 Å². The molecule has 2 unspecified atom stereocenters. The highest BCUT2D eigenvalue weighted by Crippen LogP contribution is 2.31. The highest BCUT2D eigenvalue weighted by atomic mass is 32.2. The Morgan fingerprint density at radius 1 is 1.53 bits per heavy atom. The number of sulfone groups is 1. The van der Waals surface area contributed by atoms with Crippen LogP contribution in [-0.4, -0.2) is 30.4 Å². The van der Waals surface area contributed by atoms with Crippen molar-refractivity contribution in [2.24, 2.45) is 5.73 Å². The molecule has 2 heterocycles. The summed E-state index contributed by atoms with van der Waals surface area (Å²) in [6.07, 6.45) is 2.67. The monoisotopic (exact) mass is 259 g/mol. The van der Waals surface area contributed by atoms with Crippen LogP contribution in [0.3, 0.4) is 0 Å². The van der Waals surface area contributed by atoms with Crippen molar-refractivity contribution in [2.45, 2.75) is 43.9 Å². The summed E-state index contributed by atoms with van der Waals surface area (Å²) in [4.78, 5) is 4.13. The maximum absolute atomic E-state index is 11.9. The van der Waals surface area contributed by atoms with Crippen molar-refractivity contribution >= 4 is 9.84 Å². The third-order valence-electron chi connectivity index (χ3n) is 2.85. The number of hydrogen-bond acceptors (Lipinski definition) is 6.